The summed E-state index contributed by atoms with van der Waals surface area (Å²) >= 11 is 0. The number of carbonyl (C=O) groups is 1. The average Bonchev–Trinajstić information content (AvgIpc) is 2.82. The Hall–Kier alpha value is -2.69. The molecule has 0 saturated heterocycles. The zero-order chi connectivity index (χ0) is 16.6. The van der Waals surface area contributed by atoms with E-state index in [1.54, 1.807) is 24.3 Å². The molecule has 0 fully saturated rings. The van der Waals surface area contributed by atoms with Crippen LogP contribution in [-0.4, -0.2) is 15.5 Å². The third-order valence-corrected chi connectivity index (χ3v) is 4.08. The van der Waals surface area contributed by atoms with Crippen molar-refractivity contribution < 1.29 is 9.18 Å². The topological polar surface area (TPSA) is 46.9 Å². The number of benzene rings is 2. The van der Waals surface area contributed by atoms with Gasteiger partial charge in [0, 0.05) is 12.6 Å². The number of aryl methyl sites for hydroxylation is 2. The zero-order valence-corrected chi connectivity index (χ0v) is 13.3. The van der Waals surface area contributed by atoms with Gasteiger partial charge in [0.25, 0.3) is 5.91 Å². The number of fused-ring (bicyclic) bond motifs is 1. The Kier molecular flexibility index (Phi) is 3.86. The molecule has 118 valence electrons. The summed E-state index contributed by atoms with van der Waals surface area (Å²) < 4.78 is 14.9. The lowest BCUT2D eigenvalue weighted by molar-refractivity contribution is 0.0940. The summed E-state index contributed by atoms with van der Waals surface area (Å²) in [6.07, 6.45) is 0. The first kappa shape index (κ1) is 15.2. The number of carbonyl (C=O) groups excluding carboxylic acids is 1. The molecule has 1 heterocycles. The predicted molar refractivity (Wildman–Crippen MR) is 87.7 cm³/mol. The van der Waals surface area contributed by atoms with Crippen molar-refractivity contribution in [3.8, 4) is 0 Å². The molecule has 4 nitrogen and oxygen atoms in total. The number of aromatic nitrogens is 2. The molecule has 1 atom stereocenters. The molecule has 1 N–H and O–H groups in total. The summed E-state index contributed by atoms with van der Waals surface area (Å²) in [6.45, 7) is 3.80. The van der Waals surface area contributed by atoms with Gasteiger partial charge in [0.15, 0.2) is 0 Å². The molecule has 0 aliphatic rings. The van der Waals surface area contributed by atoms with Crippen LogP contribution < -0.4 is 5.32 Å². The van der Waals surface area contributed by atoms with Gasteiger partial charge in [-0.25, -0.2) is 9.37 Å². The van der Waals surface area contributed by atoms with Crippen LogP contribution in [0.2, 0.25) is 0 Å². The van der Waals surface area contributed by atoms with Crippen LogP contribution in [0.1, 0.15) is 34.7 Å². The van der Waals surface area contributed by atoms with Crippen LogP contribution in [0.15, 0.2) is 42.5 Å². The summed E-state index contributed by atoms with van der Waals surface area (Å²) in [4.78, 5) is 16.9. The quantitative estimate of drug-likeness (QED) is 0.804. The van der Waals surface area contributed by atoms with Gasteiger partial charge in [-0.3, -0.25) is 4.79 Å². The molecule has 0 spiro atoms. The van der Waals surface area contributed by atoms with Crippen LogP contribution in [0, 0.1) is 12.7 Å². The Morgan fingerprint density at radius 3 is 2.61 bits per heavy atom. The Balaban J connectivity index is 1.81. The van der Waals surface area contributed by atoms with E-state index in [1.807, 2.05) is 31.5 Å². The maximum absolute atomic E-state index is 13.0. The fourth-order valence-corrected chi connectivity index (χ4v) is 2.58. The molecule has 3 rings (SSSR count). The summed E-state index contributed by atoms with van der Waals surface area (Å²) in [6, 6.07) is 11.4. The van der Waals surface area contributed by atoms with E-state index in [-0.39, 0.29) is 17.8 Å². The lowest BCUT2D eigenvalue weighted by atomic mass is 10.1. The highest BCUT2D eigenvalue weighted by molar-refractivity contribution is 5.97. The van der Waals surface area contributed by atoms with Gasteiger partial charge in [0.2, 0.25) is 0 Å². The van der Waals surface area contributed by atoms with Crippen LogP contribution in [-0.2, 0) is 7.05 Å². The molecule has 1 amide bonds. The molecular weight excluding hydrogens is 293 g/mol. The molecule has 0 saturated carbocycles. The number of imidazole rings is 1. The summed E-state index contributed by atoms with van der Waals surface area (Å²) in [5.74, 6) is 0.438. The Bertz CT molecular complexity index is 868. The maximum atomic E-state index is 13.0. The first-order chi connectivity index (χ1) is 11.0. The largest absolute Gasteiger partial charge is 0.346 e. The van der Waals surface area contributed by atoms with E-state index < -0.39 is 0 Å². The second kappa shape index (κ2) is 5.83. The molecule has 3 aromatic rings. The summed E-state index contributed by atoms with van der Waals surface area (Å²) in [7, 11) is 1.95. The molecule has 0 aliphatic heterocycles. The van der Waals surface area contributed by atoms with Crippen molar-refractivity contribution in [2.75, 3.05) is 0 Å². The lowest BCUT2D eigenvalue weighted by Gasteiger charge is -2.14. The number of nitrogens with one attached hydrogen (secondary N) is 1. The molecule has 0 aliphatic carbocycles. The van der Waals surface area contributed by atoms with Gasteiger partial charge < -0.3 is 9.88 Å². The van der Waals surface area contributed by atoms with Gasteiger partial charge in [-0.1, -0.05) is 12.1 Å². The van der Waals surface area contributed by atoms with Crippen LogP contribution in [0.3, 0.4) is 0 Å². The number of halogens is 1. The molecule has 0 bridgehead atoms. The fraction of sp³-hybridized carbons (Fsp3) is 0.222. The average molecular weight is 311 g/mol. The number of hydrogen-bond donors (Lipinski definition) is 1. The number of rotatable bonds is 3. The van der Waals surface area contributed by atoms with Crippen LogP contribution in [0.4, 0.5) is 4.39 Å². The Morgan fingerprint density at radius 2 is 1.91 bits per heavy atom. The summed E-state index contributed by atoms with van der Waals surface area (Å²) in [5.41, 5.74) is 3.21. The van der Waals surface area contributed by atoms with Crippen molar-refractivity contribution in [2.45, 2.75) is 19.9 Å². The molecule has 2 aromatic carbocycles. The van der Waals surface area contributed by atoms with Gasteiger partial charge >= 0.3 is 0 Å². The maximum Gasteiger partial charge on any atom is 0.251 e. The first-order valence-electron chi connectivity index (χ1n) is 7.45. The highest BCUT2D eigenvalue weighted by Gasteiger charge is 2.13. The smallest absolute Gasteiger partial charge is 0.251 e. The minimum absolute atomic E-state index is 0.174. The zero-order valence-electron chi connectivity index (χ0n) is 13.3. The van der Waals surface area contributed by atoms with Crippen molar-refractivity contribution in [3.63, 3.8) is 0 Å². The molecule has 23 heavy (non-hydrogen) atoms. The Labute approximate surface area is 134 Å². The van der Waals surface area contributed by atoms with Gasteiger partial charge in [-0.05, 0) is 49.7 Å². The van der Waals surface area contributed by atoms with Gasteiger partial charge in [0.05, 0.1) is 17.1 Å². The van der Waals surface area contributed by atoms with Crippen molar-refractivity contribution >= 4 is 16.9 Å². The van der Waals surface area contributed by atoms with Gasteiger partial charge in [0.1, 0.15) is 11.6 Å². The van der Waals surface area contributed by atoms with E-state index in [2.05, 4.69) is 10.3 Å². The van der Waals surface area contributed by atoms with Crippen molar-refractivity contribution in [2.24, 2.45) is 7.05 Å². The molecule has 0 unspecified atom stereocenters. The van der Waals surface area contributed by atoms with Crippen LogP contribution in [0.25, 0.3) is 11.0 Å². The lowest BCUT2D eigenvalue weighted by Crippen LogP contribution is -2.26. The van der Waals surface area contributed by atoms with E-state index in [0.717, 1.165) is 22.4 Å². The van der Waals surface area contributed by atoms with Crippen molar-refractivity contribution in [3.05, 3.63) is 65.2 Å². The SMILES string of the molecule is Cc1nc2cc(C(=O)N[C@@H](C)c3ccc(F)cc3)ccc2n1C. The normalized spacial score (nSPS) is 12.3. The first-order valence-corrected chi connectivity index (χ1v) is 7.45. The Morgan fingerprint density at radius 1 is 1.22 bits per heavy atom. The third-order valence-electron chi connectivity index (χ3n) is 4.08. The van der Waals surface area contributed by atoms with Crippen LogP contribution >= 0.6 is 0 Å². The molecule has 1 aromatic heterocycles. The monoisotopic (exact) mass is 311 g/mol. The molecular formula is C18H18FN3O. The second-order valence-corrected chi connectivity index (χ2v) is 5.67. The van der Waals surface area contributed by atoms with E-state index in [4.69, 9.17) is 0 Å². The minimum Gasteiger partial charge on any atom is -0.346 e. The van der Waals surface area contributed by atoms with E-state index in [9.17, 15) is 9.18 Å². The van der Waals surface area contributed by atoms with E-state index in [1.165, 1.54) is 12.1 Å². The van der Waals surface area contributed by atoms with Crippen molar-refractivity contribution in [1.29, 1.82) is 0 Å². The number of nitrogens with zero attached hydrogens (tertiary/aromatic N) is 2. The molecule has 5 heteroatoms. The highest BCUT2D eigenvalue weighted by atomic mass is 19.1. The third kappa shape index (κ3) is 2.95. The van der Waals surface area contributed by atoms with E-state index >= 15 is 0 Å². The summed E-state index contributed by atoms with van der Waals surface area (Å²) in [5, 5.41) is 2.92. The number of hydrogen-bond acceptors (Lipinski definition) is 2. The number of amides is 1. The van der Waals surface area contributed by atoms with Crippen molar-refractivity contribution in [1.82, 2.24) is 14.9 Å². The van der Waals surface area contributed by atoms with Gasteiger partial charge in [-0.15, -0.1) is 0 Å². The molecule has 0 radical (unpaired) electrons. The highest BCUT2D eigenvalue weighted by Crippen LogP contribution is 2.18. The predicted octanol–water partition coefficient (Wildman–Crippen LogP) is 3.51. The van der Waals surface area contributed by atoms with Gasteiger partial charge in [-0.2, -0.15) is 0 Å². The van der Waals surface area contributed by atoms with E-state index in [0.29, 0.717) is 5.56 Å². The minimum atomic E-state index is -0.289. The standard InChI is InChI=1S/C18H18FN3O/c1-11(13-4-7-15(19)8-5-13)20-18(23)14-6-9-17-16(10-14)21-12(2)22(17)3/h4-11H,1-3H3,(H,20,23)/t11-/m0/s1. The van der Waals surface area contributed by atoms with Crippen LogP contribution in [0.5, 0.6) is 0 Å². The fourth-order valence-electron chi connectivity index (χ4n) is 2.58. The second-order valence-electron chi connectivity index (χ2n) is 5.67.